The van der Waals surface area contributed by atoms with Crippen LogP contribution in [0.5, 0.6) is 5.75 Å². The van der Waals surface area contributed by atoms with E-state index in [2.05, 4.69) is 5.32 Å². The van der Waals surface area contributed by atoms with Gasteiger partial charge in [-0.15, -0.1) is 0 Å². The first kappa shape index (κ1) is 15.8. The van der Waals surface area contributed by atoms with Gasteiger partial charge in [0.2, 0.25) is 0 Å². The second-order valence-electron chi connectivity index (χ2n) is 4.26. The fraction of sp³-hybridized carbons (Fsp3) is 0.538. The molecule has 0 fully saturated rings. The average molecular weight is 279 g/mol. The first-order chi connectivity index (χ1) is 8.75. The van der Waals surface area contributed by atoms with Gasteiger partial charge in [-0.05, 0) is 38.6 Å². The predicted octanol–water partition coefficient (Wildman–Crippen LogP) is 3.83. The molecule has 0 aromatic heterocycles. The predicted molar refractivity (Wildman–Crippen MR) is 64.6 cm³/mol. The Balaban J connectivity index is 3.00. The molecule has 19 heavy (non-hydrogen) atoms. The number of rotatable bonds is 5. The maximum Gasteiger partial charge on any atom is 0.425 e. The van der Waals surface area contributed by atoms with Crippen LogP contribution in [0.4, 0.5) is 17.6 Å². The molecule has 0 saturated heterocycles. The Kier molecular flexibility index (Phi) is 5.17. The van der Waals surface area contributed by atoms with Crippen molar-refractivity contribution < 1.29 is 22.3 Å². The molecule has 1 aromatic carbocycles. The van der Waals surface area contributed by atoms with Crippen LogP contribution in [0.1, 0.15) is 32.4 Å². The van der Waals surface area contributed by atoms with Gasteiger partial charge in [-0.3, -0.25) is 0 Å². The van der Waals surface area contributed by atoms with Gasteiger partial charge in [0.25, 0.3) is 0 Å². The molecule has 0 radical (unpaired) electrons. The molecule has 0 aliphatic carbocycles. The molecule has 2 unspecified atom stereocenters. The van der Waals surface area contributed by atoms with Crippen LogP contribution in [-0.2, 0) is 0 Å². The molecule has 1 rings (SSSR count). The minimum Gasteiger partial charge on any atom is -0.481 e. The molecule has 0 saturated carbocycles. The number of halogens is 4. The van der Waals surface area contributed by atoms with E-state index in [-0.39, 0.29) is 11.8 Å². The molecule has 1 N–H and O–H groups in total. The van der Waals surface area contributed by atoms with Gasteiger partial charge in [0.05, 0.1) is 0 Å². The first-order valence-electron chi connectivity index (χ1n) is 6.02. The topological polar surface area (TPSA) is 21.3 Å². The maximum absolute atomic E-state index is 13.2. The zero-order valence-electron chi connectivity index (χ0n) is 11.0. The van der Waals surface area contributed by atoms with E-state index in [0.29, 0.717) is 12.1 Å². The van der Waals surface area contributed by atoms with Crippen molar-refractivity contribution in [2.24, 2.45) is 0 Å². The molecule has 0 aliphatic rings. The van der Waals surface area contributed by atoms with E-state index in [4.69, 9.17) is 4.74 Å². The summed E-state index contributed by atoms with van der Waals surface area (Å²) in [4.78, 5) is 0. The number of nitrogens with one attached hydrogen (secondary N) is 1. The van der Waals surface area contributed by atoms with Gasteiger partial charge in [-0.2, -0.15) is 13.2 Å². The summed E-state index contributed by atoms with van der Waals surface area (Å²) >= 11 is 0. The Hall–Kier alpha value is -1.30. The molecule has 0 amide bonds. The zero-order chi connectivity index (χ0) is 14.6. The third-order valence-electron chi connectivity index (χ3n) is 2.71. The van der Waals surface area contributed by atoms with E-state index >= 15 is 0 Å². The number of alkyl halides is 3. The van der Waals surface area contributed by atoms with Gasteiger partial charge in [-0.1, -0.05) is 6.92 Å². The summed E-state index contributed by atoms with van der Waals surface area (Å²) < 4.78 is 55.6. The summed E-state index contributed by atoms with van der Waals surface area (Å²) in [6.45, 7) is 5.13. The minimum absolute atomic E-state index is 0.0414. The van der Waals surface area contributed by atoms with Crippen molar-refractivity contribution in [2.45, 2.75) is 39.1 Å². The lowest BCUT2D eigenvalue weighted by atomic mass is 10.1. The van der Waals surface area contributed by atoms with Gasteiger partial charge >= 0.3 is 6.18 Å². The summed E-state index contributed by atoms with van der Waals surface area (Å²) in [6, 6.07) is 3.20. The van der Waals surface area contributed by atoms with Crippen LogP contribution in [0, 0.1) is 5.82 Å². The molecule has 108 valence electrons. The summed E-state index contributed by atoms with van der Waals surface area (Å²) in [5, 5.41) is 3.01. The van der Waals surface area contributed by atoms with Crippen molar-refractivity contribution in [3.05, 3.63) is 29.6 Å². The highest BCUT2D eigenvalue weighted by atomic mass is 19.4. The lowest BCUT2D eigenvalue weighted by Gasteiger charge is -2.22. The minimum atomic E-state index is -4.45. The van der Waals surface area contributed by atoms with Crippen molar-refractivity contribution >= 4 is 0 Å². The fourth-order valence-electron chi connectivity index (χ4n) is 1.64. The second kappa shape index (κ2) is 6.23. The molecule has 2 atom stereocenters. The highest BCUT2D eigenvalue weighted by Crippen LogP contribution is 2.30. The standard InChI is InChI=1S/C13H17F4NO/c1-4-18-8(2)11-7-10(14)5-6-12(11)19-9(3)13(15,16)17/h5-9,18H,4H2,1-3H3. The number of ether oxygens (including phenoxy) is 1. The van der Waals surface area contributed by atoms with Gasteiger partial charge in [0, 0.05) is 11.6 Å². The van der Waals surface area contributed by atoms with E-state index < -0.39 is 18.1 Å². The van der Waals surface area contributed by atoms with Gasteiger partial charge in [0.1, 0.15) is 11.6 Å². The molecule has 0 heterocycles. The summed E-state index contributed by atoms with van der Waals surface area (Å²) in [6.07, 6.45) is -6.39. The van der Waals surface area contributed by atoms with E-state index in [1.165, 1.54) is 12.1 Å². The number of hydrogen-bond donors (Lipinski definition) is 1. The maximum atomic E-state index is 13.2. The van der Waals surface area contributed by atoms with Gasteiger partial charge in [0.15, 0.2) is 6.10 Å². The monoisotopic (exact) mass is 279 g/mol. The first-order valence-corrected chi connectivity index (χ1v) is 6.02. The number of hydrogen-bond acceptors (Lipinski definition) is 2. The fourth-order valence-corrected chi connectivity index (χ4v) is 1.64. The normalized spacial score (nSPS) is 15.1. The second-order valence-corrected chi connectivity index (χ2v) is 4.26. The molecule has 0 bridgehead atoms. The summed E-state index contributed by atoms with van der Waals surface area (Å²) in [5.41, 5.74) is 0.373. The zero-order valence-corrected chi connectivity index (χ0v) is 11.0. The van der Waals surface area contributed by atoms with E-state index in [1.54, 1.807) is 6.92 Å². The van der Waals surface area contributed by atoms with Crippen molar-refractivity contribution in [3.8, 4) is 5.75 Å². The lowest BCUT2D eigenvalue weighted by Crippen LogP contribution is -2.32. The molecule has 6 heteroatoms. The summed E-state index contributed by atoms with van der Waals surface area (Å²) in [5.74, 6) is -0.466. The van der Waals surface area contributed by atoms with Crippen molar-refractivity contribution in [1.29, 1.82) is 0 Å². The lowest BCUT2D eigenvalue weighted by molar-refractivity contribution is -0.189. The molecule has 0 aliphatic heterocycles. The average Bonchev–Trinajstić information content (AvgIpc) is 2.30. The smallest absolute Gasteiger partial charge is 0.425 e. The van der Waals surface area contributed by atoms with E-state index in [9.17, 15) is 17.6 Å². The van der Waals surface area contributed by atoms with Gasteiger partial charge < -0.3 is 10.1 Å². The van der Waals surface area contributed by atoms with Crippen LogP contribution in [0.3, 0.4) is 0 Å². The third kappa shape index (κ3) is 4.38. The Morgan fingerprint density at radius 2 is 1.89 bits per heavy atom. The van der Waals surface area contributed by atoms with Gasteiger partial charge in [-0.25, -0.2) is 4.39 Å². The molecule has 1 aromatic rings. The van der Waals surface area contributed by atoms with Crippen LogP contribution in [0.25, 0.3) is 0 Å². The van der Waals surface area contributed by atoms with Crippen molar-refractivity contribution in [3.63, 3.8) is 0 Å². The highest BCUT2D eigenvalue weighted by molar-refractivity contribution is 5.36. The van der Waals surface area contributed by atoms with Crippen LogP contribution in [0.2, 0.25) is 0 Å². The van der Waals surface area contributed by atoms with Crippen LogP contribution < -0.4 is 10.1 Å². The summed E-state index contributed by atoms with van der Waals surface area (Å²) in [7, 11) is 0. The van der Waals surface area contributed by atoms with E-state index in [0.717, 1.165) is 13.0 Å². The van der Waals surface area contributed by atoms with Crippen LogP contribution in [0.15, 0.2) is 18.2 Å². The quantitative estimate of drug-likeness (QED) is 0.827. The number of benzene rings is 1. The van der Waals surface area contributed by atoms with Crippen LogP contribution >= 0.6 is 0 Å². The Morgan fingerprint density at radius 1 is 1.26 bits per heavy atom. The highest BCUT2D eigenvalue weighted by Gasteiger charge is 2.38. The largest absolute Gasteiger partial charge is 0.481 e. The van der Waals surface area contributed by atoms with Crippen molar-refractivity contribution in [2.75, 3.05) is 6.54 Å². The van der Waals surface area contributed by atoms with Crippen LogP contribution in [-0.4, -0.2) is 18.8 Å². The van der Waals surface area contributed by atoms with E-state index in [1.807, 2.05) is 6.92 Å². The Morgan fingerprint density at radius 3 is 2.42 bits per heavy atom. The molecule has 2 nitrogen and oxygen atoms in total. The molecule has 0 spiro atoms. The third-order valence-corrected chi connectivity index (χ3v) is 2.71. The molecular formula is C13H17F4NO. The Labute approximate surface area is 109 Å². The molecular weight excluding hydrogens is 262 g/mol. The Bertz CT molecular complexity index is 420. The SMILES string of the molecule is CCNC(C)c1cc(F)ccc1OC(C)C(F)(F)F. The van der Waals surface area contributed by atoms with Crippen molar-refractivity contribution in [1.82, 2.24) is 5.32 Å².